The third-order valence-corrected chi connectivity index (χ3v) is 3.07. The molecule has 19 heavy (non-hydrogen) atoms. The molecule has 2 nitrogen and oxygen atoms in total. The monoisotopic (exact) mass is 275 g/mol. The third kappa shape index (κ3) is 3.70. The Morgan fingerprint density at radius 2 is 1.84 bits per heavy atom. The van der Waals surface area contributed by atoms with Crippen LogP contribution < -0.4 is 5.32 Å². The van der Waals surface area contributed by atoms with E-state index in [-0.39, 0.29) is 11.7 Å². The van der Waals surface area contributed by atoms with Gasteiger partial charge < -0.3 is 10.1 Å². The minimum absolute atomic E-state index is 0.0982. The van der Waals surface area contributed by atoms with Crippen LogP contribution in [0, 0.1) is 17.5 Å². The number of benzene rings is 1. The number of hydrogen-bond donors (Lipinski definition) is 1. The molecule has 0 saturated heterocycles. The Morgan fingerprint density at radius 1 is 1.16 bits per heavy atom. The number of hydrogen-bond acceptors (Lipinski definition) is 2. The molecule has 1 N–H and O–H groups in total. The average molecular weight is 275 g/mol. The van der Waals surface area contributed by atoms with Crippen molar-refractivity contribution in [3.05, 3.63) is 35.1 Å². The van der Waals surface area contributed by atoms with Gasteiger partial charge in [-0.2, -0.15) is 0 Å². The Kier molecular flexibility index (Phi) is 6.31. The second-order valence-corrected chi connectivity index (χ2v) is 4.36. The van der Waals surface area contributed by atoms with E-state index < -0.39 is 23.5 Å². The second-order valence-electron chi connectivity index (χ2n) is 4.36. The molecule has 0 aliphatic carbocycles. The predicted molar refractivity (Wildman–Crippen MR) is 68.4 cm³/mol. The van der Waals surface area contributed by atoms with E-state index in [2.05, 4.69) is 5.32 Å². The number of rotatable bonds is 7. The van der Waals surface area contributed by atoms with E-state index in [9.17, 15) is 13.2 Å². The molecule has 2 unspecified atom stereocenters. The summed E-state index contributed by atoms with van der Waals surface area (Å²) in [5, 5.41) is 3.07. The highest BCUT2D eigenvalue weighted by Crippen LogP contribution is 2.27. The van der Waals surface area contributed by atoms with Gasteiger partial charge in [-0.05, 0) is 19.0 Å². The van der Waals surface area contributed by atoms with Crippen molar-refractivity contribution >= 4 is 0 Å². The summed E-state index contributed by atoms with van der Waals surface area (Å²) in [7, 11) is 1.53. The fourth-order valence-corrected chi connectivity index (χ4v) is 2.15. The fraction of sp³-hybridized carbons (Fsp3) is 0.571. The SMILES string of the molecule is CCCC(OC)C(NCC)c1ccc(F)c(F)c1F. The molecule has 0 aliphatic rings. The summed E-state index contributed by atoms with van der Waals surface area (Å²) in [5.74, 6) is -3.77. The van der Waals surface area contributed by atoms with Gasteiger partial charge in [0.1, 0.15) is 0 Å². The number of ether oxygens (including phenoxy) is 1. The van der Waals surface area contributed by atoms with Gasteiger partial charge in [0.05, 0.1) is 12.1 Å². The highest BCUT2D eigenvalue weighted by Gasteiger charge is 2.26. The van der Waals surface area contributed by atoms with E-state index in [4.69, 9.17) is 4.74 Å². The van der Waals surface area contributed by atoms with E-state index in [0.29, 0.717) is 13.0 Å². The lowest BCUT2D eigenvalue weighted by Gasteiger charge is -2.27. The molecule has 0 heterocycles. The molecule has 0 amide bonds. The summed E-state index contributed by atoms with van der Waals surface area (Å²) < 4.78 is 45.5. The van der Waals surface area contributed by atoms with Crippen molar-refractivity contribution in [2.24, 2.45) is 0 Å². The zero-order valence-electron chi connectivity index (χ0n) is 11.5. The van der Waals surface area contributed by atoms with Crippen LogP contribution in [0.3, 0.4) is 0 Å². The molecule has 1 rings (SSSR count). The van der Waals surface area contributed by atoms with Gasteiger partial charge in [-0.3, -0.25) is 0 Å². The Bertz CT molecular complexity index is 412. The van der Waals surface area contributed by atoms with E-state index >= 15 is 0 Å². The molecule has 2 atom stereocenters. The maximum Gasteiger partial charge on any atom is 0.194 e. The molecular formula is C14H20F3NO. The normalized spacial score (nSPS) is 14.4. The van der Waals surface area contributed by atoms with Gasteiger partial charge in [0.25, 0.3) is 0 Å². The van der Waals surface area contributed by atoms with Gasteiger partial charge >= 0.3 is 0 Å². The quantitative estimate of drug-likeness (QED) is 0.768. The minimum atomic E-state index is -1.44. The van der Waals surface area contributed by atoms with Gasteiger partial charge in [0.2, 0.25) is 0 Å². The van der Waals surface area contributed by atoms with Gasteiger partial charge in [-0.25, -0.2) is 13.2 Å². The first kappa shape index (κ1) is 16.0. The van der Waals surface area contributed by atoms with Crippen molar-refractivity contribution < 1.29 is 17.9 Å². The summed E-state index contributed by atoms with van der Waals surface area (Å²) in [6, 6.07) is 1.71. The van der Waals surface area contributed by atoms with Crippen LogP contribution in [0.4, 0.5) is 13.2 Å². The molecule has 0 aromatic heterocycles. The largest absolute Gasteiger partial charge is 0.379 e. The van der Waals surface area contributed by atoms with Crippen LogP contribution in [-0.2, 0) is 4.74 Å². The van der Waals surface area contributed by atoms with E-state index in [0.717, 1.165) is 12.5 Å². The highest BCUT2D eigenvalue weighted by molar-refractivity contribution is 5.24. The summed E-state index contributed by atoms with van der Waals surface area (Å²) in [5.41, 5.74) is 0.0982. The Balaban J connectivity index is 3.14. The smallest absolute Gasteiger partial charge is 0.194 e. The van der Waals surface area contributed by atoms with Crippen molar-refractivity contribution in [1.29, 1.82) is 0 Å². The van der Waals surface area contributed by atoms with Crippen molar-refractivity contribution in [2.75, 3.05) is 13.7 Å². The minimum Gasteiger partial charge on any atom is -0.379 e. The summed E-state index contributed by atoms with van der Waals surface area (Å²) >= 11 is 0. The highest BCUT2D eigenvalue weighted by atomic mass is 19.2. The zero-order chi connectivity index (χ0) is 14.4. The molecule has 108 valence electrons. The third-order valence-electron chi connectivity index (χ3n) is 3.07. The van der Waals surface area contributed by atoms with Crippen LogP contribution in [0.15, 0.2) is 12.1 Å². The fourth-order valence-electron chi connectivity index (χ4n) is 2.15. The second kappa shape index (κ2) is 7.50. The number of likely N-dealkylation sites (N-methyl/N-ethyl adjacent to an activating group) is 1. The van der Waals surface area contributed by atoms with E-state index in [1.54, 1.807) is 0 Å². The first-order valence-corrected chi connectivity index (χ1v) is 6.46. The lowest BCUT2D eigenvalue weighted by atomic mass is 9.97. The van der Waals surface area contributed by atoms with E-state index in [1.165, 1.54) is 13.2 Å². The molecule has 1 aromatic carbocycles. The van der Waals surface area contributed by atoms with Crippen LogP contribution in [0.1, 0.15) is 38.3 Å². The molecule has 0 aliphatic heterocycles. The molecular weight excluding hydrogens is 255 g/mol. The molecule has 1 aromatic rings. The Labute approximate surface area is 112 Å². The zero-order valence-corrected chi connectivity index (χ0v) is 11.5. The number of halogens is 3. The maximum atomic E-state index is 13.9. The molecule has 0 radical (unpaired) electrons. The molecule has 0 saturated carbocycles. The van der Waals surface area contributed by atoms with Crippen molar-refractivity contribution in [2.45, 2.75) is 38.8 Å². The number of methoxy groups -OCH3 is 1. The van der Waals surface area contributed by atoms with E-state index in [1.807, 2.05) is 13.8 Å². The maximum absolute atomic E-state index is 13.9. The topological polar surface area (TPSA) is 21.3 Å². The van der Waals surface area contributed by atoms with Gasteiger partial charge in [0.15, 0.2) is 17.5 Å². The number of nitrogens with one attached hydrogen (secondary N) is 1. The lowest BCUT2D eigenvalue weighted by molar-refractivity contribution is 0.0597. The standard InChI is InChI=1S/C14H20F3NO/c1-4-6-11(19-3)14(18-5-2)9-7-8-10(15)13(17)12(9)16/h7-8,11,14,18H,4-6H2,1-3H3. The Morgan fingerprint density at radius 3 is 2.37 bits per heavy atom. The van der Waals surface area contributed by atoms with Crippen LogP contribution in [-0.4, -0.2) is 19.8 Å². The summed E-state index contributed by atoms with van der Waals surface area (Å²) in [6.45, 7) is 4.42. The summed E-state index contributed by atoms with van der Waals surface area (Å²) in [6.07, 6.45) is 1.27. The molecule has 5 heteroatoms. The summed E-state index contributed by atoms with van der Waals surface area (Å²) in [4.78, 5) is 0. The lowest BCUT2D eigenvalue weighted by Crippen LogP contribution is -2.34. The molecule has 0 fully saturated rings. The van der Waals surface area contributed by atoms with Crippen LogP contribution in [0.2, 0.25) is 0 Å². The van der Waals surface area contributed by atoms with Crippen LogP contribution in [0.25, 0.3) is 0 Å². The molecule has 0 spiro atoms. The first-order chi connectivity index (χ1) is 9.06. The van der Waals surface area contributed by atoms with Gasteiger partial charge in [0, 0.05) is 12.7 Å². The van der Waals surface area contributed by atoms with Crippen molar-refractivity contribution in [1.82, 2.24) is 5.32 Å². The molecule has 0 bridgehead atoms. The Hall–Kier alpha value is -1.07. The first-order valence-electron chi connectivity index (χ1n) is 6.46. The predicted octanol–water partition coefficient (Wildman–Crippen LogP) is 3.57. The van der Waals surface area contributed by atoms with Gasteiger partial charge in [-0.15, -0.1) is 0 Å². The van der Waals surface area contributed by atoms with Crippen molar-refractivity contribution in [3.8, 4) is 0 Å². The van der Waals surface area contributed by atoms with Crippen LogP contribution in [0.5, 0.6) is 0 Å². The van der Waals surface area contributed by atoms with Gasteiger partial charge in [-0.1, -0.05) is 26.3 Å². The average Bonchev–Trinajstić information content (AvgIpc) is 2.41. The van der Waals surface area contributed by atoms with Crippen molar-refractivity contribution in [3.63, 3.8) is 0 Å². The van der Waals surface area contributed by atoms with Crippen LogP contribution >= 0.6 is 0 Å².